The van der Waals surface area contributed by atoms with Crippen molar-refractivity contribution in [3.63, 3.8) is 0 Å². The van der Waals surface area contributed by atoms with Crippen LogP contribution >= 0.6 is 7.75 Å². The quantitative estimate of drug-likeness (QED) is 0.0255. The molecule has 2 atom stereocenters. The van der Waals surface area contributed by atoms with E-state index in [0.29, 0.717) is 36.4 Å². The standard InChI is InChI=1S/C39H50N7O7PS.C2H4O2/c1-2-3-24-46(25-22-43-54(49,52-34-16-6-4-7-17-34)53-35-18-8-5-9-19-35)39(48)37(27-38(47)41-28-31-13-12-23-45(29-31)30-42-40)44-55(50,51)36-21-20-32-14-10-11-15-33(32)26-36;1-2(3)4/h4-11,14-21,26,30-31,37,44H,2-3,12-13,22-25,27-29,40H2,1H3,(H,41,47)(H,43,49);1H3,(H,3,4)/t31-,37-;/m0./s1. The van der Waals surface area contributed by atoms with E-state index in [9.17, 15) is 22.6 Å². The van der Waals surface area contributed by atoms with E-state index < -0.39 is 48.0 Å². The Kier molecular flexibility index (Phi) is 18.2. The first-order chi connectivity index (χ1) is 28.3. The molecule has 16 nitrogen and oxygen atoms in total. The van der Waals surface area contributed by atoms with Crippen LogP contribution in [-0.2, 0) is 29.0 Å². The maximum absolute atomic E-state index is 14.4. The largest absolute Gasteiger partial charge is 0.512 e. The Balaban J connectivity index is 0.00000184. The van der Waals surface area contributed by atoms with Crippen LogP contribution in [-0.4, -0.2) is 92.8 Å². The van der Waals surface area contributed by atoms with E-state index in [4.69, 9.17) is 24.8 Å². The van der Waals surface area contributed by atoms with E-state index in [1.165, 1.54) is 17.0 Å². The van der Waals surface area contributed by atoms with Gasteiger partial charge in [0.05, 0.1) is 11.3 Å². The van der Waals surface area contributed by atoms with Crippen molar-refractivity contribution in [3.05, 3.63) is 103 Å². The number of carbonyl (C=O) groups is 3. The minimum atomic E-state index is -4.27. The molecule has 6 N–H and O–H groups in total. The number of piperidine rings is 1. The van der Waals surface area contributed by atoms with Gasteiger partial charge in [-0.1, -0.05) is 80.1 Å². The van der Waals surface area contributed by atoms with Crippen LogP contribution in [0.5, 0.6) is 11.5 Å². The number of rotatable bonds is 20. The smallest absolute Gasteiger partial charge is 0.481 e. The van der Waals surface area contributed by atoms with Crippen molar-refractivity contribution in [2.24, 2.45) is 16.9 Å². The number of sulfonamides is 1. The Hall–Kier alpha value is -5.48. The summed E-state index contributed by atoms with van der Waals surface area (Å²) in [6.45, 7) is 5.09. The lowest BCUT2D eigenvalue weighted by Gasteiger charge is -2.31. The van der Waals surface area contributed by atoms with Gasteiger partial charge in [-0.05, 0) is 72.4 Å². The molecule has 318 valence electrons. The number of hydrazone groups is 1. The Morgan fingerprint density at radius 2 is 1.58 bits per heavy atom. The van der Waals surface area contributed by atoms with Crippen LogP contribution in [0.25, 0.3) is 10.8 Å². The predicted molar refractivity (Wildman–Crippen MR) is 227 cm³/mol. The van der Waals surface area contributed by atoms with Gasteiger partial charge >= 0.3 is 7.75 Å². The third-order valence-electron chi connectivity index (χ3n) is 9.10. The van der Waals surface area contributed by atoms with Crippen LogP contribution in [0.4, 0.5) is 0 Å². The predicted octanol–water partition coefficient (Wildman–Crippen LogP) is 5.18. The van der Waals surface area contributed by atoms with Crippen LogP contribution in [0, 0.1) is 5.92 Å². The average molecular weight is 852 g/mol. The molecular weight excluding hydrogens is 798 g/mol. The second-order valence-electron chi connectivity index (χ2n) is 13.9. The van der Waals surface area contributed by atoms with E-state index in [2.05, 4.69) is 20.2 Å². The van der Waals surface area contributed by atoms with Gasteiger partial charge in [-0.15, -0.1) is 0 Å². The molecule has 4 aromatic carbocycles. The zero-order chi connectivity index (χ0) is 42.7. The van der Waals surface area contributed by atoms with Gasteiger partial charge < -0.3 is 35.1 Å². The maximum atomic E-state index is 14.4. The molecule has 5 rings (SSSR count). The third kappa shape index (κ3) is 15.7. The number of amides is 2. The second-order valence-corrected chi connectivity index (χ2v) is 17.3. The summed E-state index contributed by atoms with van der Waals surface area (Å²) in [6, 6.07) is 27.8. The summed E-state index contributed by atoms with van der Waals surface area (Å²) in [5.74, 6) is 4.18. The Morgan fingerprint density at radius 1 is 0.966 bits per heavy atom. The number of nitrogens with two attached hydrogens (primary N) is 1. The van der Waals surface area contributed by atoms with E-state index >= 15 is 0 Å². The summed E-state index contributed by atoms with van der Waals surface area (Å²) in [4.78, 5) is 40.3. The molecule has 0 aliphatic carbocycles. The molecule has 18 heteroatoms. The molecule has 4 aromatic rings. The fraction of sp³-hybridized carbons (Fsp3) is 0.366. The number of hydrogen-bond donors (Lipinski definition) is 5. The zero-order valence-corrected chi connectivity index (χ0v) is 35.0. The highest BCUT2D eigenvalue weighted by Crippen LogP contribution is 2.44. The van der Waals surface area contributed by atoms with Crippen LogP contribution in [0.3, 0.4) is 0 Å². The number of likely N-dealkylation sites (tertiary alicyclic amines) is 1. The first kappa shape index (κ1) is 46.2. The van der Waals surface area contributed by atoms with Crippen LogP contribution in [0.15, 0.2) is 113 Å². The highest BCUT2D eigenvalue weighted by molar-refractivity contribution is 7.89. The molecule has 1 aliphatic rings. The number of fused-ring (bicyclic) bond motifs is 1. The number of benzene rings is 4. The van der Waals surface area contributed by atoms with Crippen LogP contribution in [0.2, 0.25) is 0 Å². The lowest BCUT2D eigenvalue weighted by molar-refractivity contribution is -0.135. The summed E-state index contributed by atoms with van der Waals surface area (Å²) < 4.78 is 56.0. The van der Waals surface area contributed by atoms with Gasteiger partial charge in [0, 0.05) is 46.2 Å². The number of para-hydroxylation sites is 2. The third-order valence-corrected chi connectivity index (χ3v) is 12.1. The lowest BCUT2D eigenvalue weighted by Crippen LogP contribution is -2.52. The molecule has 0 aromatic heterocycles. The fourth-order valence-corrected chi connectivity index (χ4v) is 8.86. The van der Waals surface area contributed by atoms with E-state index in [1.54, 1.807) is 79.1 Å². The van der Waals surface area contributed by atoms with Crippen molar-refractivity contribution in [1.29, 1.82) is 0 Å². The highest BCUT2D eigenvalue weighted by atomic mass is 32.2. The molecule has 1 fully saturated rings. The average Bonchev–Trinajstić information content (AvgIpc) is 3.21. The van der Waals surface area contributed by atoms with Gasteiger partial charge in [0.2, 0.25) is 21.8 Å². The fourth-order valence-electron chi connectivity index (χ4n) is 6.29. The van der Waals surface area contributed by atoms with Gasteiger partial charge in [0.1, 0.15) is 23.9 Å². The number of unbranched alkanes of at least 4 members (excludes halogenated alkanes) is 1. The number of carbonyl (C=O) groups excluding carboxylic acids is 2. The Morgan fingerprint density at radius 3 is 2.19 bits per heavy atom. The van der Waals surface area contributed by atoms with Crippen LogP contribution < -0.4 is 30.0 Å². The monoisotopic (exact) mass is 851 g/mol. The minimum Gasteiger partial charge on any atom is -0.481 e. The van der Waals surface area contributed by atoms with E-state index in [-0.39, 0.29) is 30.4 Å². The zero-order valence-electron chi connectivity index (χ0n) is 33.3. The number of nitrogens with one attached hydrogen (secondary N) is 3. The Bertz CT molecular complexity index is 2100. The van der Waals surface area contributed by atoms with Crippen molar-refractivity contribution < 1.29 is 41.5 Å². The minimum absolute atomic E-state index is 0.00947. The van der Waals surface area contributed by atoms with Gasteiger partial charge in [-0.3, -0.25) is 14.4 Å². The van der Waals surface area contributed by atoms with E-state index in [0.717, 1.165) is 38.1 Å². The summed E-state index contributed by atoms with van der Waals surface area (Å²) in [6.07, 6.45) is 4.27. The first-order valence-electron chi connectivity index (χ1n) is 19.4. The maximum Gasteiger partial charge on any atom is 0.512 e. The molecule has 1 saturated heterocycles. The molecular formula is C41H54N7O9PS. The molecule has 1 heterocycles. The van der Waals surface area contributed by atoms with Gasteiger partial charge in [-0.2, -0.15) is 14.9 Å². The topological polar surface area (TPSA) is 222 Å². The second kappa shape index (κ2) is 23.2. The number of nitrogens with zero attached hydrogens (tertiary/aromatic N) is 3. The van der Waals surface area contributed by atoms with E-state index in [1.807, 2.05) is 30.0 Å². The van der Waals surface area contributed by atoms with Crippen molar-refractivity contribution in [2.45, 2.75) is 56.9 Å². The molecule has 2 amide bonds. The number of hydrogen-bond acceptors (Lipinski definition) is 10. The van der Waals surface area contributed by atoms with Crippen molar-refractivity contribution in [3.8, 4) is 11.5 Å². The Labute approximate surface area is 345 Å². The number of carboxylic acids is 1. The SMILES string of the molecule is CC(=O)O.CCCCN(CCNP(=O)(Oc1ccccc1)Oc1ccccc1)C(=O)[C@H](CC(=O)NC[C@@H]1CCCN(C=NN)C1)NS(=O)(=O)c1ccc2ccccc2c1. The normalized spacial score (nSPS) is 14.8. The lowest BCUT2D eigenvalue weighted by atomic mass is 9.98. The summed E-state index contributed by atoms with van der Waals surface area (Å²) in [7, 11) is -8.30. The van der Waals surface area contributed by atoms with Crippen LogP contribution in [0.1, 0.15) is 46.0 Å². The summed E-state index contributed by atoms with van der Waals surface area (Å²) >= 11 is 0. The molecule has 0 bridgehead atoms. The number of carboxylic acid groups (broad SMARTS) is 1. The molecule has 59 heavy (non-hydrogen) atoms. The molecule has 0 unspecified atom stereocenters. The van der Waals surface area contributed by atoms with Crippen molar-refractivity contribution in [2.75, 3.05) is 39.3 Å². The number of aliphatic carboxylic acids is 1. The van der Waals surface area contributed by atoms with Crippen molar-refractivity contribution >= 4 is 52.7 Å². The highest BCUT2D eigenvalue weighted by Gasteiger charge is 2.33. The summed E-state index contributed by atoms with van der Waals surface area (Å²) in [5, 5.41) is 18.4. The van der Waals surface area contributed by atoms with Gasteiger partial charge in [0.15, 0.2) is 0 Å². The first-order valence-corrected chi connectivity index (χ1v) is 22.4. The molecule has 0 saturated carbocycles. The summed E-state index contributed by atoms with van der Waals surface area (Å²) in [5.41, 5.74) is 0. The molecule has 0 spiro atoms. The van der Waals surface area contributed by atoms with Crippen molar-refractivity contribution in [1.82, 2.24) is 24.9 Å². The molecule has 0 radical (unpaired) electrons. The molecule has 1 aliphatic heterocycles. The van der Waals surface area contributed by atoms with Gasteiger partial charge in [-0.25, -0.2) is 13.0 Å². The van der Waals surface area contributed by atoms with Gasteiger partial charge in [0.25, 0.3) is 5.97 Å².